The Morgan fingerprint density at radius 2 is 0.833 bits per heavy atom. The predicted octanol–water partition coefficient (Wildman–Crippen LogP) is 10.00. The zero-order valence-electron chi connectivity index (χ0n) is 22.8. The van der Waals surface area contributed by atoms with E-state index in [0.29, 0.717) is 0 Å². The highest BCUT2D eigenvalue weighted by Crippen LogP contribution is 2.46. The highest BCUT2D eigenvalue weighted by molar-refractivity contribution is 6.28. The van der Waals surface area contributed by atoms with Gasteiger partial charge in [-0.1, -0.05) is 146 Å². The Hall–Kier alpha value is -5.67. The van der Waals surface area contributed by atoms with Crippen molar-refractivity contribution < 1.29 is 0 Å². The molecule has 0 N–H and O–H groups in total. The van der Waals surface area contributed by atoms with Crippen LogP contribution in [0, 0.1) is 0 Å². The lowest BCUT2D eigenvalue weighted by Crippen LogP contribution is -1.99. The van der Waals surface area contributed by atoms with Gasteiger partial charge < -0.3 is 0 Å². The molecule has 0 aliphatic rings. The van der Waals surface area contributed by atoms with E-state index in [9.17, 15) is 0 Å². The molecule has 7 aromatic carbocycles. The molecule has 0 atom stereocenters. The van der Waals surface area contributed by atoms with Crippen LogP contribution in [-0.4, -0.2) is 15.4 Å². The van der Waals surface area contributed by atoms with Gasteiger partial charge in [-0.2, -0.15) is 0 Å². The van der Waals surface area contributed by atoms with Crippen molar-refractivity contribution in [2.75, 3.05) is 0 Å². The Morgan fingerprint density at radius 1 is 0.357 bits per heavy atom. The lowest BCUT2D eigenvalue weighted by Gasteiger charge is -2.20. The number of benzene rings is 7. The van der Waals surface area contributed by atoms with Crippen LogP contribution >= 0.6 is 0 Å². The topological polar surface area (TPSA) is 38.7 Å². The number of fused-ring (bicyclic) bond motifs is 6. The molecule has 3 nitrogen and oxygen atoms in total. The van der Waals surface area contributed by atoms with E-state index in [0.717, 1.165) is 39.1 Å². The molecule has 0 amide bonds. The molecule has 42 heavy (non-hydrogen) atoms. The van der Waals surface area contributed by atoms with E-state index < -0.39 is 0 Å². The average Bonchev–Trinajstić information content (AvgIpc) is 3.08. The van der Waals surface area contributed by atoms with Gasteiger partial charge in [-0.25, -0.2) is 0 Å². The second-order valence-corrected chi connectivity index (χ2v) is 10.5. The van der Waals surface area contributed by atoms with Gasteiger partial charge in [0, 0.05) is 11.1 Å². The van der Waals surface area contributed by atoms with Crippen molar-refractivity contribution in [3.63, 3.8) is 0 Å². The quantitative estimate of drug-likeness (QED) is 0.211. The Labute approximate surface area is 243 Å². The van der Waals surface area contributed by atoms with Crippen molar-refractivity contribution in [3.05, 3.63) is 152 Å². The molecule has 3 heteroatoms. The lowest BCUT2D eigenvalue weighted by atomic mass is 9.84. The molecule has 0 unspecified atom stereocenters. The van der Waals surface area contributed by atoms with Crippen LogP contribution in [0.15, 0.2) is 152 Å². The molecule has 1 aromatic heterocycles. The highest BCUT2D eigenvalue weighted by Gasteiger charge is 2.22. The number of nitrogens with zero attached hydrogens (tertiary/aromatic N) is 3. The third-order valence-corrected chi connectivity index (χ3v) is 8.17. The van der Waals surface area contributed by atoms with Crippen LogP contribution in [0.2, 0.25) is 0 Å². The van der Waals surface area contributed by atoms with Gasteiger partial charge in [-0.05, 0) is 65.3 Å². The summed E-state index contributed by atoms with van der Waals surface area (Å²) in [4.78, 5) is 0. The van der Waals surface area contributed by atoms with Gasteiger partial charge in [0.2, 0.25) is 0 Å². The van der Waals surface area contributed by atoms with Crippen LogP contribution in [0.5, 0.6) is 0 Å². The van der Waals surface area contributed by atoms with Gasteiger partial charge in [0.25, 0.3) is 0 Å². The summed E-state index contributed by atoms with van der Waals surface area (Å²) in [5.41, 5.74) is 8.37. The summed E-state index contributed by atoms with van der Waals surface area (Å²) in [6.07, 6.45) is 1.83. The minimum absolute atomic E-state index is 0.813. The van der Waals surface area contributed by atoms with Crippen molar-refractivity contribution >= 4 is 32.3 Å². The van der Waals surface area contributed by atoms with E-state index in [-0.39, 0.29) is 0 Å². The van der Waals surface area contributed by atoms with E-state index in [2.05, 4.69) is 138 Å². The van der Waals surface area contributed by atoms with E-state index >= 15 is 0 Å². The smallest absolute Gasteiger partial charge is 0.105 e. The molecule has 0 radical (unpaired) electrons. The van der Waals surface area contributed by atoms with Crippen molar-refractivity contribution in [2.45, 2.75) is 0 Å². The maximum atomic E-state index is 4.73. The zero-order valence-corrected chi connectivity index (χ0v) is 22.8. The summed E-state index contributed by atoms with van der Waals surface area (Å²) in [5.74, 6) is 0. The van der Waals surface area contributed by atoms with Crippen LogP contribution in [0.3, 0.4) is 0 Å². The van der Waals surface area contributed by atoms with Crippen molar-refractivity contribution in [2.24, 2.45) is 0 Å². The minimum atomic E-state index is 0.813. The van der Waals surface area contributed by atoms with Crippen LogP contribution < -0.4 is 0 Å². The second-order valence-electron chi connectivity index (χ2n) is 10.5. The van der Waals surface area contributed by atoms with Crippen LogP contribution in [0.4, 0.5) is 0 Å². The molecule has 0 spiro atoms. The van der Waals surface area contributed by atoms with E-state index in [1.807, 2.05) is 24.4 Å². The first-order valence-corrected chi connectivity index (χ1v) is 14.1. The Balaban J connectivity index is 1.53. The molecule has 8 aromatic rings. The molecule has 196 valence electrons. The van der Waals surface area contributed by atoms with Gasteiger partial charge in [-0.15, -0.1) is 10.2 Å². The zero-order chi connectivity index (χ0) is 27.9. The van der Waals surface area contributed by atoms with E-state index in [1.54, 1.807) is 0 Å². The van der Waals surface area contributed by atoms with Crippen molar-refractivity contribution in [1.29, 1.82) is 0 Å². The normalized spacial score (nSPS) is 11.3. The van der Waals surface area contributed by atoms with Crippen LogP contribution in [-0.2, 0) is 0 Å². The molecular formula is C39H25N3. The summed E-state index contributed by atoms with van der Waals surface area (Å²) in [6, 6.07) is 51.5. The lowest BCUT2D eigenvalue weighted by molar-refractivity contribution is 0.873. The fourth-order valence-electron chi connectivity index (χ4n) is 6.35. The van der Waals surface area contributed by atoms with E-state index in [4.69, 9.17) is 5.10 Å². The predicted molar refractivity (Wildman–Crippen MR) is 174 cm³/mol. The summed E-state index contributed by atoms with van der Waals surface area (Å²) >= 11 is 0. The van der Waals surface area contributed by atoms with Crippen LogP contribution in [0.25, 0.3) is 77.0 Å². The monoisotopic (exact) mass is 535 g/mol. The molecular weight excluding hydrogens is 510 g/mol. The average molecular weight is 536 g/mol. The molecule has 0 saturated heterocycles. The molecule has 0 fully saturated rings. The fraction of sp³-hybridized carbons (Fsp3) is 0. The first-order chi connectivity index (χ1) is 20.9. The van der Waals surface area contributed by atoms with Gasteiger partial charge in [0.05, 0.1) is 6.20 Å². The Kier molecular flexibility index (Phi) is 5.79. The Bertz CT molecular complexity index is 2190. The first kappa shape index (κ1) is 24.2. The SMILES string of the molecule is c1ccc(-c2cnnnc2-c2c(-c3ccccc3)cccc2-c2cccc3c4ccccc4c4ccccc4c23)cc1. The number of aromatic nitrogens is 3. The maximum Gasteiger partial charge on any atom is 0.105 e. The molecule has 1 heterocycles. The molecule has 0 saturated carbocycles. The van der Waals surface area contributed by atoms with Crippen LogP contribution in [0.1, 0.15) is 0 Å². The van der Waals surface area contributed by atoms with E-state index in [1.165, 1.54) is 37.9 Å². The summed E-state index contributed by atoms with van der Waals surface area (Å²) in [5, 5.41) is 20.6. The number of hydrogen-bond acceptors (Lipinski definition) is 3. The standard InChI is InChI=1S/C39H25N3/c1-3-13-26(14-4-1)28-21-11-24-35(38(28)39-36(25-40-42-41-39)27-15-5-2-6-16-27)34-23-12-22-33-31-18-8-7-17-29(31)30-19-9-10-20-32(30)37(33)34/h1-25H. The highest BCUT2D eigenvalue weighted by atomic mass is 15.3. The third kappa shape index (κ3) is 3.87. The summed E-state index contributed by atoms with van der Waals surface area (Å²) in [7, 11) is 0. The molecule has 0 aliphatic heterocycles. The molecule has 8 rings (SSSR count). The van der Waals surface area contributed by atoms with Gasteiger partial charge >= 0.3 is 0 Å². The summed E-state index contributed by atoms with van der Waals surface area (Å²) in [6.45, 7) is 0. The Morgan fingerprint density at radius 3 is 1.50 bits per heavy atom. The summed E-state index contributed by atoms with van der Waals surface area (Å²) < 4.78 is 0. The number of rotatable bonds is 4. The second kappa shape index (κ2) is 10.1. The molecule has 0 aliphatic carbocycles. The van der Waals surface area contributed by atoms with Gasteiger partial charge in [-0.3, -0.25) is 0 Å². The largest absolute Gasteiger partial charge is 0.138 e. The number of hydrogen-bond donors (Lipinski definition) is 0. The first-order valence-electron chi connectivity index (χ1n) is 14.1. The van der Waals surface area contributed by atoms with Gasteiger partial charge in [0.15, 0.2) is 0 Å². The minimum Gasteiger partial charge on any atom is -0.138 e. The van der Waals surface area contributed by atoms with Crippen molar-refractivity contribution in [3.8, 4) is 44.6 Å². The third-order valence-electron chi connectivity index (χ3n) is 8.17. The van der Waals surface area contributed by atoms with Crippen molar-refractivity contribution in [1.82, 2.24) is 15.4 Å². The fourth-order valence-corrected chi connectivity index (χ4v) is 6.35. The van der Waals surface area contributed by atoms with Gasteiger partial charge in [0.1, 0.15) is 5.69 Å². The molecule has 0 bridgehead atoms. The maximum absolute atomic E-state index is 4.73.